The highest BCUT2D eigenvalue weighted by atomic mass is 32.2. The van der Waals surface area contributed by atoms with E-state index in [1.54, 1.807) is 25.3 Å². The third kappa shape index (κ3) is 3.21. The van der Waals surface area contributed by atoms with E-state index >= 15 is 0 Å². The van der Waals surface area contributed by atoms with Crippen molar-refractivity contribution in [1.29, 1.82) is 0 Å². The second-order valence-electron chi connectivity index (χ2n) is 7.72. The van der Waals surface area contributed by atoms with E-state index in [2.05, 4.69) is 10.2 Å². The summed E-state index contributed by atoms with van der Waals surface area (Å²) in [4.78, 5) is 26.7. The van der Waals surface area contributed by atoms with Crippen LogP contribution in [0.2, 0.25) is 0 Å². The van der Waals surface area contributed by atoms with E-state index in [-0.39, 0.29) is 10.5 Å². The Hall–Kier alpha value is -3.43. The quantitative estimate of drug-likeness (QED) is 0.612. The summed E-state index contributed by atoms with van der Waals surface area (Å²) in [5.41, 5.74) is 1.49. The van der Waals surface area contributed by atoms with E-state index in [9.17, 15) is 18.0 Å². The van der Waals surface area contributed by atoms with E-state index in [4.69, 9.17) is 4.74 Å². The summed E-state index contributed by atoms with van der Waals surface area (Å²) in [5.74, 6) is -0.318. The summed E-state index contributed by atoms with van der Waals surface area (Å²) in [6.07, 6.45) is 0. The summed E-state index contributed by atoms with van der Waals surface area (Å²) >= 11 is 0. The second-order valence-corrected chi connectivity index (χ2v) is 9.66. The van der Waals surface area contributed by atoms with Crippen molar-refractivity contribution in [3.63, 3.8) is 0 Å². The van der Waals surface area contributed by atoms with Gasteiger partial charge in [0.1, 0.15) is 5.75 Å². The number of hydrogen-bond donors (Lipinski definition) is 1. The number of carbonyl (C=O) groups is 2. The molecule has 0 aliphatic carbocycles. The van der Waals surface area contributed by atoms with Crippen LogP contribution in [0.1, 0.15) is 20.7 Å². The Kier molecular flexibility index (Phi) is 4.87. The van der Waals surface area contributed by atoms with Gasteiger partial charge >= 0.3 is 0 Å². The molecule has 9 heteroatoms. The molecule has 8 nitrogen and oxygen atoms in total. The topological polar surface area (TPSA) is 96.0 Å². The fourth-order valence-corrected chi connectivity index (χ4v) is 5.85. The van der Waals surface area contributed by atoms with Crippen molar-refractivity contribution in [2.24, 2.45) is 0 Å². The van der Waals surface area contributed by atoms with E-state index in [0.717, 1.165) is 11.4 Å². The van der Waals surface area contributed by atoms with Gasteiger partial charge in [-0.15, -0.1) is 0 Å². The molecule has 1 fully saturated rings. The van der Waals surface area contributed by atoms with Crippen LogP contribution in [0.5, 0.6) is 5.75 Å². The molecule has 1 N–H and O–H groups in total. The standard InChI is InChI=1S/C23H21N3O5S/c1-31-20-8-3-2-7-19(20)25-9-11-26(12-10-25)32(29,30)16-13-15-5-4-6-17-21(15)18(14-16)23(28)24-22(17)27/h2-8,13-14H,9-12H2,1H3,(H,24,27,28). The summed E-state index contributed by atoms with van der Waals surface area (Å²) in [7, 11) is -2.21. The van der Waals surface area contributed by atoms with Gasteiger partial charge in [0.05, 0.1) is 17.7 Å². The lowest BCUT2D eigenvalue weighted by molar-refractivity contribution is 0.0845. The molecule has 0 saturated carbocycles. The summed E-state index contributed by atoms with van der Waals surface area (Å²) in [5, 5.41) is 3.32. The largest absolute Gasteiger partial charge is 0.495 e. The van der Waals surface area contributed by atoms with E-state index in [1.807, 2.05) is 24.3 Å². The lowest BCUT2D eigenvalue weighted by Crippen LogP contribution is -2.48. The molecule has 2 aliphatic rings. The number of sulfonamides is 1. The number of piperazine rings is 1. The van der Waals surface area contributed by atoms with E-state index in [1.165, 1.54) is 16.4 Å². The molecule has 0 unspecified atom stereocenters. The van der Waals surface area contributed by atoms with Gasteiger partial charge in [0, 0.05) is 42.7 Å². The van der Waals surface area contributed by atoms with Crippen LogP contribution in [0.15, 0.2) is 59.5 Å². The highest BCUT2D eigenvalue weighted by Gasteiger charge is 2.32. The fourth-order valence-electron chi connectivity index (χ4n) is 4.36. The monoisotopic (exact) mass is 451 g/mol. The Bertz CT molecular complexity index is 1360. The predicted molar refractivity (Wildman–Crippen MR) is 120 cm³/mol. The van der Waals surface area contributed by atoms with Crippen LogP contribution in [0.4, 0.5) is 5.69 Å². The number of amides is 2. The van der Waals surface area contributed by atoms with Crippen LogP contribution < -0.4 is 15.0 Å². The molecule has 2 aliphatic heterocycles. The number of ether oxygens (including phenoxy) is 1. The SMILES string of the molecule is COc1ccccc1N1CCN(S(=O)(=O)c2cc3c4c(cccc4c2)C(=O)NC3=O)CC1. The minimum Gasteiger partial charge on any atom is -0.495 e. The van der Waals surface area contributed by atoms with Gasteiger partial charge in [0.2, 0.25) is 10.0 Å². The number of anilines is 1. The third-order valence-corrected chi connectivity index (χ3v) is 7.85. The molecule has 1 saturated heterocycles. The van der Waals surface area contributed by atoms with E-state index in [0.29, 0.717) is 42.5 Å². The Morgan fingerprint density at radius 1 is 0.875 bits per heavy atom. The van der Waals surface area contributed by atoms with Gasteiger partial charge in [-0.05, 0) is 35.7 Å². The fraction of sp³-hybridized carbons (Fsp3) is 0.217. The average molecular weight is 452 g/mol. The van der Waals surface area contributed by atoms with Gasteiger partial charge in [-0.25, -0.2) is 8.42 Å². The molecular weight excluding hydrogens is 430 g/mol. The van der Waals surface area contributed by atoms with Crippen LogP contribution in [-0.2, 0) is 10.0 Å². The molecule has 0 radical (unpaired) electrons. The van der Waals surface area contributed by atoms with Crippen LogP contribution in [-0.4, -0.2) is 57.8 Å². The molecular formula is C23H21N3O5S. The minimum atomic E-state index is -3.82. The number of nitrogens with one attached hydrogen (secondary N) is 1. The van der Waals surface area contributed by atoms with Crippen molar-refractivity contribution in [1.82, 2.24) is 9.62 Å². The predicted octanol–water partition coefficient (Wildman–Crippen LogP) is 2.24. The highest BCUT2D eigenvalue weighted by Crippen LogP contribution is 2.32. The molecule has 2 heterocycles. The smallest absolute Gasteiger partial charge is 0.258 e. The highest BCUT2D eigenvalue weighted by molar-refractivity contribution is 7.89. The van der Waals surface area contributed by atoms with Crippen molar-refractivity contribution >= 4 is 38.3 Å². The lowest BCUT2D eigenvalue weighted by Gasteiger charge is -2.36. The maximum atomic E-state index is 13.4. The average Bonchev–Trinajstić information content (AvgIpc) is 2.82. The molecule has 164 valence electrons. The molecule has 2 amide bonds. The first-order valence-electron chi connectivity index (χ1n) is 10.2. The Morgan fingerprint density at radius 3 is 2.34 bits per heavy atom. The molecule has 0 atom stereocenters. The first-order valence-corrected chi connectivity index (χ1v) is 11.6. The lowest BCUT2D eigenvalue weighted by atomic mass is 9.95. The van der Waals surface area contributed by atoms with Crippen molar-refractivity contribution in [3.05, 3.63) is 65.7 Å². The number of methoxy groups -OCH3 is 1. The molecule has 3 aromatic rings. The Labute approximate surface area is 185 Å². The van der Waals surface area contributed by atoms with Gasteiger partial charge in [-0.1, -0.05) is 24.3 Å². The number of rotatable bonds is 4. The normalized spacial score (nSPS) is 16.8. The number of benzene rings is 3. The van der Waals surface area contributed by atoms with Gasteiger partial charge < -0.3 is 9.64 Å². The third-order valence-electron chi connectivity index (χ3n) is 5.97. The second kappa shape index (κ2) is 7.61. The van der Waals surface area contributed by atoms with Gasteiger partial charge in [-0.3, -0.25) is 14.9 Å². The number of para-hydroxylation sites is 2. The number of imide groups is 1. The molecule has 0 aromatic heterocycles. The number of hydrogen-bond acceptors (Lipinski definition) is 6. The zero-order chi connectivity index (χ0) is 22.5. The molecule has 0 bridgehead atoms. The maximum absolute atomic E-state index is 13.4. The zero-order valence-electron chi connectivity index (χ0n) is 17.4. The van der Waals surface area contributed by atoms with Crippen molar-refractivity contribution < 1.29 is 22.7 Å². The summed E-state index contributed by atoms with van der Waals surface area (Å²) in [6.45, 7) is 1.63. The number of carbonyl (C=O) groups excluding carboxylic acids is 2. The van der Waals surface area contributed by atoms with Crippen LogP contribution in [0.3, 0.4) is 0 Å². The first kappa shape index (κ1) is 20.5. The Morgan fingerprint density at radius 2 is 1.59 bits per heavy atom. The maximum Gasteiger partial charge on any atom is 0.258 e. The first-order chi connectivity index (χ1) is 15.4. The van der Waals surface area contributed by atoms with Crippen molar-refractivity contribution in [2.75, 3.05) is 38.2 Å². The summed E-state index contributed by atoms with van der Waals surface area (Å²) < 4.78 is 33.7. The molecule has 0 spiro atoms. The van der Waals surface area contributed by atoms with Crippen LogP contribution in [0.25, 0.3) is 10.8 Å². The number of nitrogens with zero attached hydrogens (tertiary/aromatic N) is 2. The van der Waals surface area contributed by atoms with Crippen molar-refractivity contribution in [2.45, 2.75) is 4.90 Å². The molecule has 3 aromatic carbocycles. The van der Waals surface area contributed by atoms with Crippen LogP contribution >= 0.6 is 0 Å². The van der Waals surface area contributed by atoms with Gasteiger partial charge in [-0.2, -0.15) is 4.31 Å². The van der Waals surface area contributed by atoms with E-state index < -0.39 is 21.8 Å². The van der Waals surface area contributed by atoms with Crippen molar-refractivity contribution in [3.8, 4) is 5.75 Å². The molecule has 5 rings (SSSR count). The van der Waals surface area contributed by atoms with Crippen LogP contribution in [0, 0.1) is 0 Å². The molecule has 32 heavy (non-hydrogen) atoms. The minimum absolute atomic E-state index is 0.0485. The zero-order valence-corrected chi connectivity index (χ0v) is 18.2. The Balaban J connectivity index is 1.46. The van der Waals surface area contributed by atoms with Gasteiger partial charge in [0.25, 0.3) is 11.8 Å². The summed E-state index contributed by atoms with van der Waals surface area (Å²) in [6, 6.07) is 15.6. The van der Waals surface area contributed by atoms with Gasteiger partial charge in [0.15, 0.2) is 0 Å².